The zero-order valence-electron chi connectivity index (χ0n) is 12.9. The van der Waals surface area contributed by atoms with Gasteiger partial charge in [-0.1, -0.05) is 6.07 Å². The molecule has 1 aliphatic heterocycles. The summed E-state index contributed by atoms with van der Waals surface area (Å²) in [4.78, 5) is 28.8. The summed E-state index contributed by atoms with van der Waals surface area (Å²) in [6.07, 6.45) is 0.825. The molecule has 0 spiro atoms. The summed E-state index contributed by atoms with van der Waals surface area (Å²) >= 11 is 1.47. The number of methoxy groups -OCH3 is 1. The van der Waals surface area contributed by atoms with Gasteiger partial charge in [-0.15, -0.1) is 11.3 Å². The molecule has 22 heavy (non-hydrogen) atoms. The molecule has 1 aliphatic rings. The van der Waals surface area contributed by atoms with E-state index in [0.717, 1.165) is 24.4 Å². The smallest absolute Gasteiger partial charge is 0.264 e. The van der Waals surface area contributed by atoms with Gasteiger partial charge in [-0.05, 0) is 17.9 Å². The Morgan fingerprint density at radius 1 is 1.32 bits per heavy atom. The molecule has 0 atom stereocenters. The molecule has 0 aromatic carbocycles. The van der Waals surface area contributed by atoms with Crippen molar-refractivity contribution in [3.63, 3.8) is 0 Å². The van der Waals surface area contributed by atoms with Crippen molar-refractivity contribution in [3.05, 3.63) is 22.4 Å². The molecule has 1 N–H and O–H groups in total. The maximum atomic E-state index is 12.2. The average Bonchev–Trinajstić information content (AvgIpc) is 3.06. The number of thiophene rings is 1. The van der Waals surface area contributed by atoms with Crippen molar-refractivity contribution in [1.29, 1.82) is 0 Å². The topological polar surface area (TPSA) is 61.9 Å². The number of hydrogen-bond donors (Lipinski definition) is 1. The molecule has 1 aromatic rings. The van der Waals surface area contributed by atoms with Crippen LogP contribution in [0.2, 0.25) is 0 Å². The van der Waals surface area contributed by atoms with E-state index < -0.39 is 0 Å². The molecule has 7 heteroatoms. The highest BCUT2D eigenvalue weighted by atomic mass is 32.1. The summed E-state index contributed by atoms with van der Waals surface area (Å²) < 4.78 is 4.94. The third-order valence-electron chi connectivity index (χ3n) is 3.61. The molecular formula is C15H23N3O3S. The quantitative estimate of drug-likeness (QED) is 0.748. The van der Waals surface area contributed by atoms with Gasteiger partial charge < -0.3 is 15.0 Å². The molecule has 0 saturated carbocycles. The van der Waals surface area contributed by atoms with Crippen molar-refractivity contribution in [1.82, 2.24) is 15.1 Å². The van der Waals surface area contributed by atoms with Crippen LogP contribution in [0.5, 0.6) is 0 Å². The van der Waals surface area contributed by atoms with Crippen LogP contribution in [-0.4, -0.2) is 74.6 Å². The van der Waals surface area contributed by atoms with Crippen molar-refractivity contribution in [2.75, 3.05) is 53.0 Å². The summed E-state index contributed by atoms with van der Waals surface area (Å²) in [6, 6.07) is 3.74. The van der Waals surface area contributed by atoms with Gasteiger partial charge in [0.05, 0.1) is 11.4 Å². The van der Waals surface area contributed by atoms with Gasteiger partial charge in [0.2, 0.25) is 5.91 Å². The summed E-state index contributed by atoms with van der Waals surface area (Å²) in [5.74, 6) is 0.132. The molecule has 0 aliphatic carbocycles. The Morgan fingerprint density at radius 3 is 2.73 bits per heavy atom. The highest BCUT2D eigenvalue weighted by molar-refractivity contribution is 7.12. The van der Waals surface area contributed by atoms with Gasteiger partial charge in [-0.2, -0.15) is 0 Å². The number of hydrogen-bond acceptors (Lipinski definition) is 5. The van der Waals surface area contributed by atoms with E-state index in [1.807, 2.05) is 22.4 Å². The van der Waals surface area contributed by atoms with Crippen LogP contribution in [-0.2, 0) is 9.53 Å². The fourth-order valence-electron chi connectivity index (χ4n) is 2.37. The van der Waals surface area contributed by atoms with Crippen LogP contribution in [0.15, 0.2) is 17.5 Å². The first-order valence-corrected chi connectivity index (χ1v) is 8.39. The predicted molar refractivity (Wildman–Crippen MR) is 86.2 cm³/mol. The molecule has 1 aromatic heterocycles. The van der Waals surface area contributed by atoms with Crippen molar-refractivity contribution >= 4 is 23.2 Å². The second kappa shape index (κ2) is 8.87. The van der Waals surface area contributed by atoms with Gasteiger partial charge in [0.25, 0.3) is 5.91 Å². The van der Waals surface area contributed by atoms with E-state index in [0.29, 0.717) is 32.8 Å². The Kier molecular flexibility index (Phi) is 6.82. The van der Waals surface area contributed by atoms with E-state index in [9.17, 15) is 9.59 Å². The lowest BCUT2D eigenvalue weighted by Crippen LogP contribution is -2.51. The molecule has 6 nitrogen and oxygen atoms in total. The van der Waals surface area contributed by atoms with Crippen LogP contribution in [0.4, 0.5) is 0 Å². The van der Waals surface area contributed by atoms with Gasteiger partial charge in [0.15, 0.2) is 0 Å². The molecule has 0 bridgehead atoms. The lowest BCUT2D eigenvalue weighted by Gasteiger charge is -2.34. The molecule has 122 valence electrons. The summed E-state index contributed by atoms with van der Waals surface area (Å²) in [5, 5.41) is 4.80. The number of amides is 2. The highest BCUT2D eigenvalue weighted by Crippen LogP contribution is 2.13. The first kappa shape index (κ1) is 16.9. The van der Waals surface area contributed by atoms with Crippen LogP contribution in [0.25, 0.3) is 0 Å². The highest BCUT2D eigenvalue weighted by Gasteiger charge is 2.23. The predicted octanol–water partition coefficient (Wildman–Crippen LogP) is 0.659. The standard InChI is InChI=1S/C15H23N3O3S/c1-21-10-3-5-16-14(19)12-17-6-8-18(9-7-17)15(20)13-4-2-11-22-13/h2,4,11H,3,5-10,12H2,1H3,(H,16,19). The minimum absolute atomic E-state index is 0.0362. The Balaban J connectivity index is 1.66. The number of ether oxygens (including phenoxy) is 1. The molecule has 0 unspecified atom stereocenters. The van der Waals surface area contributed by atoms with Crippen molar-refractivity contribution < 1.29 is 14.3 Å². The number of nitrogens with one attached hydrogen (secondary N) is 1. The minimum atomic E-state index is 0.0362. The zero-order chi connectivity index (χ0) is 15.8. The summed E-state index contributed by atoms with van der Waals surface area (Å²) in [5.41, 5.74) is 0. The van der Waals surface area contributed by atoms with Gasteiger partial charge in [-0.25, -0.2) is 0 Å². The maximum absolute atomic E-state index is 12.2. The minimum Gasteiger partial charge on any atom is -0.385 e. The Bertz CT molecular complexity index is 470. The fourth-order valence-corrected chi connectivity index (χ4v) is 3.06. The van der Waals surface area contributed by atoms with E-state index in [1.54, 1.807) is 7.11 Å². The van der Waals surface area contributed by atoms with Crippen molar-refractivity contribution in [2.45, 2.75) is 6.42 Å². The van der Waals surface area contributed by atoms with Gasteiger partial charge in [0.1, 0.15) is 0 Å². The van der Waals surface area contributed by atoms with E-state index >= 15 is 0 Å². The molecular weight excluding hydrogens is 302 g/mol. The van der Waals surface area contributed by atoms with E-state index in [1.165, 1.54) is 11.3 Å². The Labute approximate surface area is 135 Å². The molecule has 2 heterocycles. The third-order valence-corrected chi connectivity index (χ3v) is 4.46. The van der Waals surface area contributed by atoms with Gasteiger partial charge in [0, 0.05) is 46.4 Å². The first-order valence-electron chi connectivity index (χ1n) is 7.51. The van der Waals surface area contributed by atoms with Gasteiger partial charge in [-0.3, -0.25) is 14.5 Å². The Morgan fingerprint density at radius 2 is 2.09 bits per heavy atom. The summed E-state index contributed by atoms with van der Waals surface area (Å²) in [7, 11) is 1.65. The van der Waals surface area contributed by atoms with Crippen molar-refractivity contribution in [2.24, 2.45) is 0 Å². The van der Waals surface area contributed by atoms with Crippen LogP contribution in [0.1, 0.15) is 16.1 Å². The zero-order valence-corrected chi connectivity index (χ0v) is 13.7. The van der Waals surface area contributed by atoms with E-state index in [2.05, 4.69) is 10.2 Å². The maximum Gasteiger partial charge on any atom is 0.264 e. The summed E-state index contributed by atoms with van der Waals surface area (Å²) in [6.45, 7) is 4.52. The fraction of sp³-hybridized carbons (Fsp3) is 0.600. The van der Waals surface area contributed by atoms with E-state index in [-0.39, 0.29) is 11.8 Å². The number of nitrogens with zero attached hydrogens (tertiary/aromatic N) is 2. The van der Waals surface area contributed by atoms with E-state index in [4.69, 9.17) is 4.74 Å². The lowest BCUT2D eigenvalue weighted by molar-refractivity contribution is -0.122. The molecule has 1 saturated heterocycles. The third kappa shape index (κ3) is 5.08. The monoisotopic (exact) mass is 325 g/mol. The molecule has 1 fully saturated rings. The first-order chi connectivity index (χ1) is 10.7. The number of carbonyl (C=O) groups excluding carboxylic acids is 2. The number of rotatable bonds is 7. The molecule has 2 amide bonds. The number of carbonyl (C=O) groups is 2. The Hall–Kier alpha value is -1.44. The van der Waals surface area contributed by atoms with Gasteiger partial charge >= 0.3 is 0 Å². The second-order valence-corrected chi connectivity index (χ2v) is 6.19. The normalized spacial score (nSPS) is 15.8. The van der Waals surface area contributed by atoms with Crippen LogP contribution < -0.4 is 5.32 Å². The second-order valence-electron chi connectivity index (χ2n) is 5.24. The van der Waals surface area contributed by atoms with Crippen LogP contribution in [0, 0.1) is 0 Å². The largest absolute Gasteiger partial charge is 0.385 e. The number of piperazine rings is 1. The van der Waals surface area contributed by atoms with Crippen LogP contribution in [0.3, 0.4) is 0 Å². The van der Waals surface area contributed by atoms with Crippen molar-refractivity contribution in [3.8, 4) is 0 Å². The lowest BCUT2D eigenvalue weighted by atomic mass is 10.3. The molecule has 0 radical (unpaired) electrons. The molecule has 2 rings (SSSR count). The SMILES string of the molecule is COCCCNC(=O)CN1CCN(C(=O)c2cccs2)CC1. The average molecular weight is 325 g/mol. The van der Waals surface area contributed by atoms with Crippen LogP contribution >= 0.6 is 11.3 Å².